The summed E-state index contributed by atoms with van der Waals surface area (Å²) in [6.45, 7) is 0. The van der Waals surface area contributed by atoms with Gasteiger partial charge in [-0.2, -0.15) is 0 Å². The fourth-order valence-corrected chi connectivity index (χ4v) is 0.361. The minimum absolute atomic E-state index is 0.806. The van der Waals surface area contributed by atoms with Gasteiger partial charge < -0.3 is 60.7 Å². The van der Waals surface area contributed by atoms with Crippen molar-refractivity contribution in [1.29, 1.82) is 0 Å². The van der Waals surface area contributed by atoms with E-state index in [1.807, 2.05) is 0 Å². The van der Waals surface area contributed by atoms with Gasteiger partial charge in [-0.15, -0.1) is 0 Å². The van der Waals surface area contributed by atoms with E-state index in [0.29, 0.717) is 0 Å². The van der Waals surface area contributed by atoms with Crippen LogP contribution in [-0.4, -0.2) is 0 Å². The Morgan fingerprint density at radius 1 is 0.692 bits per heavy atom. The molecule has 0 aliphatic carbocycles. The van der Waals surface area contributed by atoms with E-state index in [1.165, 1.54) is 0 Å². The first-order valence-corrected chi connectivity index (χ1v) is 10.2. The standard InChI is InChI=1S/2C5H.2ClH.W/c2*1-2-4-5-3-1;;;/h2*1H;2*1H;/q2*-5;;;+2/p-2. The molecule has 13 heavy (non-hydrogen) atoms. The normalized spacial score (nSPS) is 7.54. The van der Waals surface area contributed by atoms with Gasteiger partial charge >= 0.3 is 35.3 Å². The van der Waals surface area contributed by atoms with Crippen molar-refractivity contribution in [2.75, 3.05) is 0 Å². The van der Waals surface area contributed by atoms with Crippen LogP contribution in [0.1, 0.15) is 0 Å². The fraction of sp³-hybridized carbons (Fsp3) is 0. The first-order valence-electron chi connectivity index (χ1n) is 2.96. The minimum atomic E-state index is -0.806. The maximum Gasteiger partial charge on any atom is -0.800 e. The van der Waals surface area contributed by atoms with Crippen molar-refractivity contribution in [2.24, 2.45) is 0 Å². The fourth-order valence-electron chi connectivity index (χ4n) is 0.361. The van der Waals surface area contributed by atoms with E-state index in [9.17, 15) is 0 Å². The van der Waals surface area contributed by atoms with Gasteiger partial charge in [-0.05, 0) is 0 Å². The van der Waals surface area contributed by atoms with Gasteiger partial charge in [0, 0.05) is 0 Å². The molecule has 2 aromatic rings. The number of hydrogen-bond donors (Lipinski definition) is 0. The van der Waals surface area contributed by atoms with Crippen LogP contribution in [0, 0.1) is 48.5 Å². The SMILES string of the molecule is [Cl][W][Cl].[c-]1[c-][c-][cH-][c-]1.[c-]1[c-][c-][cH-][c-]1. The van der Waals surface area contributed by atoms with Crippen LogP contribution in [0.25, 0.3) is 0 Å². The third-order valence-electron chi connectivity index (χ3n) is 0.702. The summed E-state index contributed by atoms with van der Waals surface area (Å²) >= 11 is -0.806. The van der Waals surface area contributed by atoms with Crippen LogP contribution in [0.15, 0.2) is 12.1 Å². The topological polar surface area (TPSA) is 0 Å². The predicted molar refractivity (Wildman–Crippen MR) is 46.5 cm³/mol. The number of rotatable bonds is 0. The third-order valence-corrected chi connectivity index (χ3v) is 0.702. The number of hydrogen-bond acceptors (Lipinski definition) is 0. The maximum absolute atomic E-state index is 4.93. The van der Waals surface area contributed by atoms with E-state index in [-0.39, 0.29) is 0 Å². The summed E-state index contributed by atoms with van der Waals surface area (Å²) in [4.78, 5) is 0. The molecule has 3 heteroatoms. The van der Waals surface area contributed by atoms with Gasteiger partial charge in [-0.1, -0.05) is 0 Å². The first kappa shape index (κ1) is 13.0. The second-order valence-electron chi connectivity index (χ2n) is 1.42. The van der Waals surface area contributed by atoms with Crippen LogP contribution >= 0.6 is 18.8 Å². The monoisotopic (exact) mass is 376 g/mol. The average molecular weight is 377 g/mol. The van der Waals surface area contributed by atoms with Crippen molar-refractivity contribution >= 4 is 18.8 Å². The number of halogens is 2. The zero-order valence-electron chi connectivity index (χ0n) is 6.32. The molecule has 0 atom stereocenters. The van der Waals surface area contributed by atoms with Crippen molar-refractivity contribution in [3.8, 4) is 0 Å². The van der Waals surface area contributed by atoms with Gasteiger partial charge in [0.15, 0.2) is 0 Å². The summed E-state index contributed by atoms with van der Waals surface area (Å²) in [5.41, 5.74) is 0. The van der Waals surface area contributed by atoms with E-state index in [1.54, 1.807) is 12.1 Å². The molecule has 0 nitrogen and oxygen atoms in total. The van der Waals surface area contributed by atoms with Crippen molar-refractivity contribution < 1.29 is 16.5 Å². The molecule has 0 N–H and O–H groups in total. The molecule has 0 aliphatic rings. The van der Waals surface area contributed by atoms with Crippen LogP contribution in [0.2, 0.25) is 0 Å². The zero-order chi connectivity index (χ0) is 9.78. The maximum atomic E-state index is 4.93. The predicted octanol–water partition coefficient (Wildman–Crippen LogP) is 2.59. The molecule has 0 spiro atoms. The molecule has 0 aromatic heterocycles. The first-order chi connectivity index (χ1) is 6.41. The molecule has 2 rings (SSSR count). The van der Waals surface area contributed by atoms with Crippen molar-refractivity contribution in [3.63, 3.8) is 0 Å². The third kappa shape index (κ3) is 12.0. The smallest absolute Gasteiger partial charge is 0.800 e. The molecule has 0 fully saturated rings. The Kier molecular flexibility index (Phi) is 11.9. The Hall–Kier alpha value is -0.0317. The Balaban J connectivity index is 0.000000174. The van der Waals surface area contributed by atoms with Gasteiger partial charge in [0.25, 0.3) is 0 Å². The van der Waals surface area contributed by atoms with Gasteiger partial charge in [0.1, 0.15) is 0 Å². The molecule has 0 heterocycles. The van der Waals surface area contributed by atoms with E-state index in [2.05, 4.69) is 48.5 Å². The van der Waals surface area contributed by atoms with Crippen molar-refractivity contribution in [1.82, 2.24) is 0 Å². The molecule has 0 radical (unpaired) electrons. The van der Waals surface area contributed by atoms with E-state index < -0.39 is 16.5 Å². The van der Waals surface area contributed by atoms with E-state index >= 15 is 0 Å². The Morgan fingerprint density at radius 2 is 0.923 bits per heavy atom. The van der Waals surface area contributed by atoms with E-state index in [0.717, 1.165) is 0 Å². The molecule has 2 aromatic carbocycles. The second-order valence-corrected chi connectivity index (χ2v) is 5.66. The molecular weight excluding hydrogens is 375 g/mol. The zero-order valence-corrected chi connectivity index (χ0v) is 10.8. The molecule has 0 aliphatic heterocycles. The molecule has 72 valence electrons. The quantitative estimate of drug-likeness (QED) is 0.620. The molecule has 0 bridgehead atoms. The van der Waals surface area contributed by atoms with Crippen LogP contribution in [0.5, 0.6) is 0 Å². The van der Waals surface area contributed by atoms with Gasteiger partial charge in [0.2, 0.25) is 0 Å². The van der Waals surface area contributed by atoms with Crippen LogP contribution in [0.3, 0.4) is 0 Å². The largest absolute Gasteiger partial charge is 0.999 e. The molecule has 0 amide bonds. The summed E-state index contributed by atoms with van der Waals surface area (Å²) in [5.74, 6) is 0. The summed E-state index contributed by atoms with van der Waals surface area (Å²) in [7, 11) is 9.86. The summed E-state index contributed by atoms with van der Waals surface area (Å²) < 4.78 is 0. The van der Waals surface area contributed by atoms with Gasteiger partial charge in [0.05, 0.1) is 0 Å². The van der Waals surface area contributed by atoms with E-state index in [4.69, 9.17) is 18.8 Å². The Morgan fingerprint density at radius 3 is 1.00 bits per heavy atom. The molecule has 0 saturated carbocycles. The summed E-state index contributed by atoms with van der Waals surface area (Å²) in [6.07, 6.45) is 0. The Bertz CT molecular complexity index is 165. The van der Waals surface area contributed by atoms with Gasteiger partial charge in [-0.25, -0.2) is 0 Å². The van der Waals surface area contributed by atoms with Crippen LogP contribution < -0.4 is 0 Å². The minimum Gasteiger partial charge on any atom is -0.999 e. The van der Waals surface area contributed by atoms with Crippen molar-refractivity contribution in [2.45, 2.75) is 0 Å². The second kappa shape index (κ2) is 12.0. The van der Waals surface area contributed by atoms with Gasteiger partial charge in [-0.3, -0.25) is 0 Å². The Labute approximate surface area is 95.6 Å². The van der Waals surface area contributed by atoms with Crippen molar-refractivity contribution in [3.05, 3.63) is 60.7 Å². The van der Waals surface area contributed by atoms with Crippen LogP contribution in [0.4, 0.5) is 0 Å². The van der Waals surface area contributed by atoms with Crippen LogP contribution in [-0.2, 0) is 16.5 Å². The molecule has 0 unspecified atom stereocenters. The molecule has 0 saturated heterocycles. The summed E-state index contributed by atoms with van der Waals surface area (Å²) in [6, 6.07) is 24.0. The average Bonchev–Trinajstić information content (AvgIpc) is 2.85. The molecular formula is C10H2Cl2W-10. The summed E-state index contributed by atoms with van der Waals surface area (Å²) in [5, 5.41) is 0.